The van der Waals surface area contributed by atoms with Crippen LogP contribution in [0.25, 0.3) is 0 Å². The minimum Gasteiger partial charge on any atom is -0.409 e. The van der Waals surface area contributed by atoms with Crippen LogP contribution in [0.1, 0.15) is 13.3 Å². The van der Waals surface area contributed by atoms with Crippen LogP contribution in [0.3, 0.4) is 0 Å². The summed E-state index contributed by atoms with van der Waals surface area (Å²) in [6.07, 6.45) is 0.403. The molecule has 1 atom stereocenters. The third-order valence-corrected chi connectivity index (χ3v) is 4.81. The van der Waals surface area contributed by atoms with Crippen LogP contribution in [0.2, 0.25) is 0 Å². The Balaban J connectivity index is 2.88. The van der Waals surface area contributed by atoms with E-state index in [0.717, 1.165) is 11.3 Å². The number of sulfonamides is 1. The predicted octanol–water partition coefficient (Wildman–Crippen LogP) is 0.551. The molecule has 6 nitrogen and oxygen atoms in total. The molecule has 0 saturated heterocycles. The van der Waals surface area contributed by atoms with E-state index in [4.69, 9.17) is 10.9 Å². The number of thiophene rings is 1. The first-order chi connectivity index (χ1) is 7.51. The van der Waals surface area contributed by atoms with E-state index in [2.05, 4.69) is 9.88 Å². The van der Waals surface area contributed by atoms with Gasteiger partial charge in [-0.1, -0.05) is 18.1 Å². The quantitative estimate of drug-likeness (QED) is 0.312. The fourth-order valence-corrected chi connectivity index (χ4v) is 3.39. The van der Waals surface area contributed by atoms with Crippen LogP contribution < -0.4 is 10.5 Å². The average molecular weight is 263 g/mol. The van der Waals surface area contributed by atoms with E-state index in [9.17, 15) is 8.42 Å². The van der Waals surface area contributed by atoms with Gasteiger partial charge in [0.25, 0.3) is 10.0 Å². The molecule has 0 radical (unpaired) electrons. The molecular formula is C8H13N3O3S2. The van der Waals surface area contributed by atoms with Crippen molar-refractivity contribution in [1.29, 1.82) is 0 Å². The van der Waals surface area contributed by atoms with Gasteiger partial charge in [-0.2, -0.15) is 4.72 Å². The van der Waals surface area contributed by atoms with Crippen molar-refractivity contribution in [1.82, 2.24) is 4.72 Å². The maximum absolute atomic E-state index is 11.8. The summed E-state index contributed by atoms with van der Waals surface area (Å²) in [5, 5.41) is 13.0. The first kappa shape index (κ1) is 12.9. The van der Waals surface area contributed by atoms with Crippen molar-refractivity contribution in [2.75, 3.05) is 0 Å². The minimum atomic E-state index is -3.59. The van der Waals surface area contributed by atoms with E-state index >= 15 is 0 Å². The number of amidine groups is 1. The Hall–Kier alpha value is -1.12. The topological polar surface area (TPSA) is 105 Å². The minimum absolute atomic E-state index is 0.150. The van der Waals surface area contributed by atoms with Crippen molar-refractivity contribution in [3.63, 3.8) is 0 Å². The highest BCUT2D eigenvalue weighted by Gasteiger charge is 2.22. The SMILES string of the molecule is CCC(NS(=O)(=O)c1cccs1)/C(N)=N/O. The van der Waals surface area contributed by atoms with Crippen LogP contribution in [0, 0.1) is 0 Å². The molecule has 1 aromatic heterocycles. The zero-order valence-electron chi connectivity index (χ0n) is 8.62. The summed E-state index contributed by atoms with van der Waals surface area (Å²) in [5.41, 5.74) is 5.36. The van der Waals surface area contributed by atoms with E-state index in [-0.39, 0.29) is 10.0 Å². The second-order valence-corrected chi connectivity index (χ2v) is 5.93. The van der Waals surface area contributed by atoms with E-state index < -0.39 is 16.1 Å². The van der Waals surface area contributed by atoms with Gasteiger partial charge in [-0.05, 0) is 17.9 Å². The highest BCUT2D eigenvalue weighted by molar-refractivity contribution is 7.91. The molecule has 0 bridgehead atoms. The number of nitrogens with two attached hydrogens (primary N) is 1. The van der Waals surface area contributed by atoms with Gasteiger partial charge in [-0.25, -0.2) is 8.42 Å². The van der Waals surface area contributed by atoms with Gasteiger partial charge in [0, 0.05) is 0 Å². The van der Waals surface area contributed by atoms with Gasteiger partial charge in [-0.3, -0.25) is 0 Å². The molecule has 0 aliphatic heterocycles. The lowest BCUT2D eigenvalue weighted by Gasteiger charge is -2.14. The van der Waals surface area contributed by atoms with Gasteiger partial charge >= 0.3 is 0 Å². The molecule has 90 valence electrons. The van der Waals surface area contributed by atoms with Gasteiger partial charge < -0.3 is 10.9 Å². The summed E-state index contributed by atoms with van der Waals surface area (Å²) < 4.78 is 26.1. The summed E-state index contributed by atoms with van der Waals surface area (Å²) in [7, 11) is -3.59. The third-order valence-electron chi connectivity index (χ3n) is 1.94. The Labute approximate surface area is 97.8 Å². The highest BCUT2D eigenvalue weighted by atomic mass is 32.2. The van der Waals surface area contributed by atoms with Crippen molar-refractivity contribution in [3.8, 4) is 0 Å². The third kappa shape index (κ3) is 2.94. The van der Waals surface area contributed by atoms with Crippen molar-refractivity contribution >= 4 is 27.2 Å². The lowest BCUT2D eigenvalue weighted by Crippen LogP contribution is -2.43. The van der Waals surface area contributed by atoms with E-state index in [1.807, 2.05) is 0 Å². The van der Waals surface area contributed by atoms with Gasteiger partial charge in [0.05, 0.1) is 6.04 Å². The molecule has 0 amide bonds. The Morgan fingerprint density at radius 1 is 1.75 bits per heavy atom. The molecule has 0 aromatic carbocycles. The lowest BCUT2D eigenvalue weighted by molar-refractivity contribution is 0.315. The van der Waals surface area contributed by atoms with Crippen molar-refractivity contribution < 1.29 is 13.6 Å². The van der Waals surface area contributed by atoms with E-state index in [0.29, 0.717) is 6.42 Å². The molecule has 0 fully saturated rings. The molecule has 0 aliphatic rings. The summed E-state index contributed by atoms with van der Waals surface area (Å²) in [5.74, 6) is -0.150. The van der Waals surface area contributed by atoms with Crippen molar-refractivity contribution in [2.24, 2.45) is 10.9 Å². The molecule has 1 aromatic rings. The predicted molar refractivity (Wildman–Crippen MR) is 62.1 cm³/mol. The monoisotopic (exact) mass is 263 g/mol. The molecule has 0 saturated carbocycles. The number of hydrogen-bond acceptors (Lipinski definition) is 5. The van der Waals surface area contributed by atoms with Gasteiger partial charge in [0.15, 0.2) is 5.84 Å². The first-order valence-electron chi connectivity index (χ1n) is 4.54. The number of rotatable bonds is 5. The van der Waals surface area contributed by atoms with Crippen molar-refractivity contribution in [2.45, 2.75) is 23.6 Å². The number of oxime groups is 1. The number of nitrogens with zero attached hydrogens (tertiary/aromatic N) is 1. The van der Waals surface area contributed by atoms with Crippen LogP contribution in [-0.2, 0) is 10.0 Å². The maximum atomic E-state index is 11.8. The van der Waals surface area contributed by atoms with Crippen LogP contribution in [0.15, 0.2) is 26.9 Å². The zero-order chi connectivity index (χ0) is 12.2. The van der Waals surface area contributed by atoms with Gasteiger partial charge in [0.2, 0.25) is 0 Å². The summed E-state index contributed by atoms with van der Waals surface area (Å²) in [4.78, 5) is 0. The average Bonchev–Trinajstić information content (AvgIpc) is 2.78. The van der Waals surface area contributed by atoms with Crippen molar-refractivity contribution in [3.05, 3.63) is 17.5 Å². The second-order valence-electron chi connectivity index (χ2n) is 3.04. The molecule has 8 heteroatoms. The Morgan fingerprint density at radius 3 is 2.88 bits per heavy atom. The van der Waals surface area contributed by atoms with Gasteiger partial charge in [0.1, 0.15) is 4.21 Å². The Morgan fingerprint density at radius 2 is 2.44 bits per heavy atom. The summed E-state index contributed by atoms with van der Waals surface area (Å²) >= 11 is 1.11. The smallest absolute Gasteiger partial charge is 0.250 e. The molecule has 16 heavy (non-hydrogen) atoms. The zero-order valence-corrected chi connectivity index (χ0v) is 10.3. The molecule has 1 unspecified atom stereocenters. The number of hydrogen-bond donors (Lipinski definition) is 3. The highest BCUT2D eigenvalue weighted by Crippen LogP contribution is 2.16. The Bertz CT molecular complexity index is 453. The van der Waals surface area contributed by atoms with Gasteiger partial charge in [-0.15, -0.1) is 11.3 Å². The van der Waals surface area contributed by atoms with E-state index in [1.165, 1.54) is 6.07 Å². The largest absolute Gasteiger partial charge is 0.409 e. The fraction of sp³-hybridized carbons (Fsp3) is 0.375. The lowest BCUT2D eigenvalue weighted by atomic mass is 10.2. The van der Waals surface area contributed by atoms with Crippen LogP contribution in [-0.4, -0.2) is 25.5 Å². The molecule has 0 aliphatic carbocycles. The van der Waals surface area contributed by atoms with E-state index in [1.54, 1.807) is 18.4 Å². The van der Waals surface area contributed by atoms with Crippen LogP contribution in [0.5, 0.6) is 0 Å². The Kier molecular flexibility index (Phi) is 4.27. The normalized spacial score (nSPS) is 14.9. The molecule has 1 heterocycles. The maximum Gasteiger partial charge on any atom is 0.250 e. The van der Waals surface area contributed by atoms with Crippen LogP contribution >= 0.6 is 11.3 Å². The molecule has 4 N–H and O–H groups in total. The standard InChI is InChI=1S/C8H13N3O3S2/c1-2-6(8(9)10-12)11-16(13,14)7-4-3-5-15-7/h3-6,11-12H,2H2,1H3,(H2,9,10). The number of nitrogens with one attached hydrogen (secondary N) is 1. The summed E-state index contributed by atoms with van der Waals surface area (Å²) in [6.45, 7) is 1.74. The molecule has 0 spiro atoms. The molecule has 1 rings (SSSR count). The fourth-order valence-electron chi connectivity index (χ4n) is 1.08. The molecular weight excluding hydrogens is 250 g/mol. The summed E-state index contributed by atoms with van der Waals surface area (Å²) in [6, 6.07) is 2.44. The first-order valence-corrected chi connectivity index (χ1v) is 6.90. The second kappa shape index (κ2) is 5.28. The van der Waals surface area contributed by atoms with Crippen LogP contribution in [0.4, 0.5) is 0 Å².